The van der Waals surface area contributed by atoms with Gasteiger partial charge in [0.05, 0.1) is 6.61 Å². The van der Waals surface area contributed by atoms with Gasteiger partial charge in [0.25, 0.3) is 0 Å². The van der Waals surface area contributed by atoms with Crippen LogP contribution in [0.25, 0.3) is 0 Å². The molecule has 216 valence electrons. The fourth-order valence-corrected chi connectivity index (χ4v) is 6.29. The first-order valence-corrected chi connectivity index (χ1v) is 15.0. The number of hydrogen-bond acceptors (Lipinski definition) is 6. The number of rotatable bonds is 16. The van der Waals surface area contributed by atoms with Crippen LogP contribution in [-0.2, 0) is 32.0 Å². The molecule has 0 spiro atoms. The Morgan fingerprint density at radius 1 is 0.950 bits per heavy atom. The molecular formula is C33H41ClO5S. The molecule has 3 aromatic rings. The molecule has 0 bridgehead atoms. The molecule has 0 radical (unpaired) electrons. The lowest BCUT2D eigenvalue weighted by Gasteiger charge is -2.38. The number of carbonyl (C=O) groups is 1. The predicted octanol–water partition coefficient (Wildman–Crippen LogP) is 8.61. The summed E-state index contributed by atoms with van der Waals surface area (Å²) in [7, 11) is 3.14. The maximum absolute atomic E-state index is 13.2. The van der Waals surface area contributed by atoms with Crippen LogP contribution in [0.5, 0.6) is 5.75 Å². The van der Waals surface area contributed by atoms with Crippen molar-refractivity contribution in [2.75, 3.05) is 20.8 Å². The molecule has 40 heavy (non-hydrogen) atoms. The Morgan fingerprint density at radius 3 is 2.33 bits per heavy atom. The highest BCUT2D eigenvalue weighted by molar-refractivity contribution is 7.99. The third-order valence-electron chi connectivity index (χ3n) is 6.72. The van der Waals surface area contributed by atoms with Crippen LogP contribution in [0, 0.1) is 11.3 Å². The van der Waals surface area contributed by atoms with Gasteiger partial charge in [-0.1, -0.05) is 79.7 Å². The van der Waals surface area contributed by atoms with Crippen LogP contribution in [0.3, 0.4) is 0 Å². The van der Waals surface area contributed by atoms with Crippen LogP contribution in [0.2, 0.25) is 5.02 Å². The molecule has 0 N–H and O–H groups in total. The third kappa shape index (κ3) is 9.00. The zero-order valence-corrected chi connectivity index (χ0v) is 25.7. The lowest BCUT2D eigenvalue weighted by molar-refractivity contribution is -0.209. The first-order chi connectivity index (χ1) is 19.3. The lowest BCUT2D eigenvalue weighted by atomic mass is 9.75. The number of ether oxygens (including phenoxy) is 4. The van der Waals surface area contributed by atoms with Gasteiger partial charge < -0.3 is 18.9 Å². The van der Waals surface area contributed by atoms with Crippen LogP contribution in [-0.4, -0.2) is 33.1 Å². The predicted molar refractivity (Wildman–Crippen MR) is 162 cm³/mol. The van der Waals surface area contributed by atoms with Crippen molar-refractivity contribution < 1.29 is 23.7 Å². The summed E-state index contributed by atoms with van der Waals surface area (Å²) in [6.45, 7) is 6.84. The molecule has 0 saturated carbocycles. The monoisotopic (exact) mass is 584 g/mol. The minimum Gasteiger partial charge on any atom is -0.489 e. The summed E-state index contributed by atoms with van der Waals surface area (Å²) in [5.41, 5.74) is 1.29. The van der Waals surface area contributed by atoms with E-state index in [1.54, 1.807) is 26.0 Å². The van der Waals surface area contributed by atoms with E-state index in [2.05, 4.69) is 44.2 Å². The summed E-state index contributed by atoms with van der Waals surface area (Å²) in [4.78, 5) is 15.3. The molecule has 0 fully saturated rings. The summed E-state index contributed by atoms with van der Waals surface area (Å²) < 4.78 is 22.7. The van der Waals surface area contributed by atoms with Gasteiger partial charge in [-0.15, -0.1) is 0 Å². The van der Waals surface area contributed by atoms with Gasteiger partial charge in [0.15, 0.2) is 6.29 Å². The van der Waals surface area contributed by atoms with Crippen molar-refractivity contribution in [2.24, 2.45) is 11.3 Å². The smallest absolute Gasteiger partial charge is 0.317 e. The molecule has 7 heteroatoms. The molecule has 3 aromatic carbocycles. The van der Waals surface area contributed by atoms with E-state index in [0.717, 1.165) is 39.5 Å². The van der Waals surface area contributed by atoms with Gasteiger partial charge in [-0.3, -0.25) is 4.79 Å². The van der Waals surface area contributed by atoms with Gasteiger partial charge in [-0.25, -0.2) is 0 Å². The molecule has 0 aromatic heterocycles. The van der Waals surface area contributed by atoms with Crippen molar-refractivity contribution in [3.8, 4) is 5.75 Å². The number of halogens is 1. The second-order valence-corrected chi connectivity index (χ2v) is 11.8. The van der Waals surface area contributed by atoms with Crippen LogP contribution in [0.4, 0.5) is 0 Å². The van der Waals surface area contributed by atoms with Gasteiger partial charge in [-0.05, 0) is 80.0 Å². The highest BCUT2D eigenvalue weighted by Gasteiger charge is 2.48. The summed E-state index contributed by atoms with van der Waals surface area (Å²) in [5, 5.41) is 0.710. The fraction of sp³-hybridized carbons (Fsp3) is 0.424. The lowest BCUT2D eigenvalue weighted by Crippen LogP contribution is -2.47. The maximum Gasteiger partial charge on any atom is 0.317 e. The molecule has 0 heterocycles. The van der Waals surface area contributed by atoms with Crippen molar-refractivity contribution >= 4 is 29.3 Å². The molecule has 1 unspecified atom stereocenters. The number of esters is 1. The van der Waals surface area contributed by atoms with Crippen LogP contribution in [0.15, 0.2) is 82.6 Å². The molecule has 0 aliphatic rings. The Labute approximate surface area is 248 Å². The van der Waals surface area contributed by atoms with E-state index in [1.165, 1.54) is 0 Å². The first-order valence-electron chi connectivity index (χ1n) is 13.8. The Hall–Kier alpha value is -2.51. The Kier molecular flexibility index (Phi) is 12.9. The largest absolute Gasteiger partial charge is 0.489 e. The number of methoxy groups -OCH3 is 2. The van der Waals surface area contributed by atoms with E-state index in [0.29, 0.717) is 31.1 Å². The van der Waals surface area contributed by atoms with Crippen molar-refractivity contribution in [3.05, 3.63) is 88.9 Å². The molecule has 0 saturated heterocycles. The van der Waals surface area contributed by atoms with Crippen LogP contribution in [0.1, 0.15) is 51.2 Å². The number of carbonyl (C=O) groups excluding carboxylic acids is 1. The maximum atomic E-state index is 13.2. The van der Waals surface area contributed by atoms with E-state index in [1.807, 2.05) is 49.4 Å². The quantitative estimate of drug-likeness (QED) is 0.124. The van der Waals surface area contributed by atoms with E-state index in [-0.39, 0.29) is 11.9 Å². The second kappa shape index (κ2) is 16.1. The normalized spacial score (nSPS) is 12.9. The van der Waals surface area contributed by atoms with Gasteiger partial charge in [0.1, 0.15) is 17.8 Å². The fourth-order valence-electron chi connectivity index (χ4n) is 5.04. The van der Waals surface area contributed by atoms with E-state index in [9.17, 15) is 4.79 Å². The molecule has 0 aliphatic heterocycles. The van der Waals surface area contributed by atoms with Crippen LogP contribution >= 0.6 is 23.4 Å². The number of benzene rings is 3. The molecular weight excluding hydrogens is 544 g/mol. The molecule has 3 rings (SSSR count). The average molecular weight is 585 g/mol. The van der Waals surface area contributed by atoms with Gasteiger partial charge in [-0.2, -0.15) is 0 Å². The minimum absolute atomic E-state index is 0.263. The standard InChI is InChI=1S/C33H41ClO5S/c1-6-38-31(35)33(22-24(2)3,32(36-4)37-5)19-11-14-26-17-18-29(21-30(26)34)40-28-16-10-15-27(20-28)39-23-25-12-8-7-9-13-25/h7-10,12-13,15-18,20-21,24,32H,6,11,14,19,22-23H2,1-5H3. The first kappa shape index (κ1) is 32.0. The Bertz CT molecular complexity index is 1200. The van der Waals surface area contributed by atoms with Gasteiger partial charge in [0.2, 0.25) is 0 Å². The van der Waals surface area contributed by atoms with Crippen molar-refractivity contribution in [3.63, 3.8) is 0 Å². The van der Waals surface area contributed by atoms with Crippen LogP contribution < -0.4 is 4.74 Å². The van der Waals surface area contributed by atoms with Crippen molar-refractivity contribution in [1.29, 1.82) is 0 Å². The number of hydrogen-bond donors (Lipinski definition) is 0. The SMILES string of the molecule is CCOC(=O)C(CCCc1ccc(Sc2cccc(OCc3ccccc3)c2)cc1Cl)(CC(C)C)C(OC)OC. The molecule has 5 nitrogen and oxygen atoms in total. The van der Waals surface area contributed by atoms with Crippen molar-refractivity contribution in [1.82, 2.24) is 0 Å². The highest BCUT2D eigenvalue weighted by Crippen LogP contribution is 2.40. The van der Waals surface area contributed by atoms with E-state index in [4.69, 9.17) is 30.5 Å². The Morgan fingerprint density at radius 2 is 1.68 bits per heavy atom. The summed E-state index contributed by atoms with van der Waals surface area (Å²) >= 11 is 8.37. The average Bonchev–Trinajstić information content (AvgIpc) is 2.94. The molecule has 1 atom stereocenters. The molecule has 0 aliphatic carbocycles. The zero-order valence-electron chi connectivity index (χ0n) is 24.2. The topological polar surface area (TPSA) is 54.0 Å². The molecule has 0 amide bonds. The third-order valence-corrected chi connectivity index (χ3v) is 8.05. The summed E-state index contributed by atoms with van der Waals surface area (Å²) in [6.07, 6.45) is 1.96. The van der Waals surface area contributed by atoms with Crippen molar-refractivity contribution in [2.45, 2.75) is 69.1 Å². The van der Waals surface area contributed by atoms with E-state index >= 15 is 0 Å². The van der Waals surface area contributed by atoms with Gasteiger partial charge >= 0.3 is 5.97 Å². The Balaban J connectivity index is 1.65. The second-order valence-electron chi connectivity index (χ2n) is 10.2. The number of aryl methyl sites for hydroxylation is 1. The highest BCUT2D eigenvalue weighted by atomic mass is 35.5. The summed E-state index contributed by atoms with van der Waals surface area (Å²) in [6, 6.07) is 24.4. The minimum atomic E-state index is -0.885. The zero-order chi connectivity index (χ0) is 29.0. The van der Waals surface area contributed by atoms with Gasteiger partial charge in [0, 0.05) is 29.0 Å². The van der Waals surface area contributed by atoms with E-state index < -0.39 is 11.7 Å². The summed E-state index contributed by atoms with van der Waals surface area (Å²) in [5.74, 6) is 0.818.